The minimum atomic E-state index is -0.603. The zero-order valence-electron chi connectivity index (χ0n) is 17.7. The Kier molecular flexibility index (Phi) is 7.33. The van der Waals surface area contributed by atoms with Gasteiger partial charge in [0, 0.05) is 30.4 Å². The zero-order valence-corrected chi connectivity index (χ0v) is 19.2. The molecule has 0 bridgehead atoms. The Morgan fingerprint density at radius 3 is 2.44 bits per heavy atom. The fourth-order valence-corrected chi connectivity index (χ4v) is 3.82. The van der Waals surface area contributed by atoms with E-state index in [1.54, 1.807) is 12.1 Å². The first-order valence-corrected chi connectivity index (χ1v) is 11.1. The van der Waals surface area contributed by atoms with Crippen LogP contribution in [0.5, 0.6) is 0 Å². The van der Waals surface area contributed by atoms with E-state index in [2.05, 4.69) is 35.7 Å². The third-order valence-corrected chi connectivity index (χ3v) is 5.62. The summed E-state index contributed by atoms with van der Waals surface area (Å²) in [6.45, 7) is 1.62. The second-order valence-electron chi connectivity index (χ2n) is 7.41. The fourth-order valence-electron chi connectivity index (χ4n) is 3.32. The van der Waals surface area contributed by atoms with Gasteiger partial charge in [-0.3, -0.25) is 10.1 Å². The number of piperidine rings is 1. The number of hydrogen-bond acceptors (Lipinski definition) is 9. The molecular formula is C21H19Cl2FN8O2. The van der Waals surface area contributed by atoms with Crippen molar-refractivity contribution in [3.8, 4) is 0 Å². The van der Waals surface area contributed by atoms with Gasteiger partial charge < -0.3 is 10.2 Å². The van der Waals surface area contributed by atoms with E-state index in [1.807, 2.05) is 0 Å². The van der Waals surface area contributed by atoms with Gasteiger partial charge in [0.1, 0.15) is 10.8 Å². The maximum absolute atomic E-state index is 13.2. The summed E-state index contributed by atoms with van der Waals surface area (Å²) >= 11 is 12.0. The Labute approximate surface area is 204 Å². The van der Waals surface area contributed by atoms with Gasteiger partial charge >= 0.3 is 0 Å². The van der Waals surface area contributed by atoms with Crippen molar-refractivity contribution in [2.75, 3.05) is 28.7 Å². The summed E-state index contributed by atoms with van der Waals surface area (Å²) in [4.78, 5) is 25.8. The molecule has 1 aromatic heterocycles. The molecule has 3 aromatic rings. The Morgan fingerprint density at radius 1 is 1.03 bits per heavy atom. The number of anilines is 4. The molecule has 0 unspecified atom stereocenters. The quantitative estimate of drug-likeness (QED) is 0.249. The van der Waals surface area contributed by atoms with Crippen LogP contribution in [-0.2, 0) is 0 Å². The van der Waals surface area contributed by atoms with Crippen LogP contribution in [-0.4, -0.2) is 39.2 Å². The first-order valence-electron chi connectivity index (χ1n) is 10.3. The van der Waals surface area contributed by atoms with E-state index in [-0.39, 0.29) is 33.4 Å². The van der Waals surface area contributed by atoms with Crippen molar-refractivity contribution in [3.63, 3.8) is 0 Å². The molecule has 0 radical (unpaired) electrons. The lowest BCUT2D eigenvalue weighted by Gasteiger charge is -2.26. The van der Waals surface area contributed by atoms with Crippen molar-refractivity contribution in [2.45, 2.75) is 19.3 Å². The van der Waals surface area contributed by atoms with Gasteiger partial charge in [-0.1, -0.05) is 23.2 Å². The van der Waals surface area contributed by atoms with Gasteiger partial charge in [-0.05, 0) is 49.6 Å². The van der Waals surface area contributed by atoms with Crippen molar-refractivity contribution in [1.29, 1.82) is 0 Å². The zero-order chi connectivity index (χ0) is 24.1. The third kappa shape index (κ3) is 5.86. The highest BCUT2D eigenvalue weighted by Gasteiger charge is 2.17. The first-order chi connectivity index (χ1) is 16.4. The van der Waals surface area contributed by atoms with Crippen LogP contribution in [0, 0.1) is 15.9 Å². The molecule has 0 aliphatic carbocycles. The van der Waals surface area contributed by atoms with Crippen LogP contribution in [0.1, 0.15) is 24.8 Å². The first kappa shape index (κ1) is 23.6. The summed E-state index contributed by atoms with van der Waals surface area (Å²) in [5, 5.41) is 18.4. The molecule has 13 heteroatoms. The van der Waals surface area contributed by atoms with E-state index in [9.17, 15) is 14.5 Å². The highest BCUT2D eigenvalue weighted by atomic mass is 35.5. The second-order valence-corrected chi connectivity index (χ2v) is 8.23. The molecule has 1 aliphatic heterocycles. The van der Waals surface area contributed by atoms with Gasteiger partial charge in [-0.2, -0.15) is 20.1 Å². The number of halogens is 3. The number of nitrogens with one attached hydrogen (secondary N) is 2. The predicted octanol–water partition coefficient (Wildman–Crippen LogP) is 5.41. The number of hydrogen-bond donors (Lipinski definition) is 2. The molecule has 1 fully saturated rings. The number of aromatic nitrogens is 3. The van der Waals surface area contributed by atoms with Crippen molar-refractivity contribution in [1.82, 2.24) is 15.0 Å². The number of nitro groups is 1. The lowest BCUT2D eigenvalue weighted by molar-refractivity contribution is -0.384. The van der Waals surface area contributed by atoms with E-state index < -0.39 is 4.92 Å². The fraction of sp³-hybridized carbons (Fsp3) is 0.238. The molecule has 10 nitrogen and oxygen atoms in total. The summed E-state index contributed by atoms with van der Waals surface area (Å²) < 4.78 is 13.2. The summed E-state index contributed by atoms with van der Waals surface area (Å²) in [5.41, 5.74) is 3.33. The lowest BCUT2D eigenvalue weighted by Crippen LogP contribution is -2.31. The average molecular weight is 505 g/mol. The highest BCUT2D eigenvalue weighted by Crippen LogP contribution is 2.30. The minimum absolute atomic E-state index is 0.0692. The lowest BCUT2D eigenvalue weighted by atomic mass is 10.1. The number of hydrazone groups is 1. The SMILES string of the molecule is O=[N+]([O-])c1cc(/C=N/Nc2nc(Nc3ccc(F)cc3)nc(N3CCCCC3)n2)c(Cl)cc1Cl. The van der Waals surface area contributed by atoms with Crippen molar-refractivity contribution >= 4 is 58.6 Å². The standard InChI is InChI=1S/C21H19Cl2FN8O2/c22-16-11-17(23)18(32(33)34)10-13(16)12-25-30-20-27-19(26-15-6-4-14(24)5-7-15)28-21(29-20)31-8-2-1-3-9-31/h4-7,10-12H,1-3,8-9H2,(H2,26,27,28,29,30)/b25-12+. The van der Waals surface area contributed by atoms with Crippen LogP contribution < -0.4 is 15.6 Å². The third-order valence-electron chi connectivity index (χ3n) is 4.99. The predicted molar refractivity (Wildman–Crippen MR) is 130 cm³/mol. The van der Waals surface area contributed by atoms with Crippen LogP contribution in [0.2, 0.25) is 10.0 Å². The van der Waals surface area contributed by atoms with Crippen molar-refractivity contribution < 1.29 is 9.31 Å². The molecule has 4 rings (SSSR count). The molecule has 2 N–H and O–H groups in total. The monoisotopic (exact) mass is 504 g/mol. The van der Waals surface area contributed by atoms with Gasteiger partial charge in [0.05, 0.1) is 16.2 Å². The topological polar surface area (TPSA) is 121 Å². The minimum Gasteiger partial charge on any atom is -0.341 e. The summed E-state index contributed by atoms with van der Waals surface area (Å²) in [6, 6.07) is 8.30. The highest BCUT2D eigenvalue weighted by molar-refractivity contribution is 6.37. The van der Waals surface area contributed by atoms with Gasteiger partial charge in [0.2, 0.25) is 17.8 Å². The number of nitro benzene ring substituents is 1. The van der Waals surface area contributed by atoms with Crippen LogP contribution in [0.4, 0.5) is 33.6 Å². The molecule has 176 valence electrons. The van der Waals surface area contributed by atoms with Gasteiger partial charge in [0.15, 0.2) is 0 Å². The average Bonchev–Trinajstić information content (AvgIpc) is 2.82. The van der Waals surface area contributed by atoms with E-state index in [1.165, 1.54) is 30.5 Å². The molecule has 0 amide bonds. The smallest absolute Gasteiger partial charge is 0.288 e. The van der Waals surface area contributed by atoms with Crippen LogP contribution in [0.3, 0.4) is 0 Å². The number of benzene rings is 2. The maximum atomic E-state index is 13.2. The van der Waals surface area contributed by atoms with Gasteiger partial charge in [-0.25, -0.2) is 9.82 Å². The van der Waals surface area contributed by atoms with Crippen molar-refractivity contribution in [3.05, 3.63) is 67.9 Å². The molecule has 1 aliphatic rings. The molecular weight excluding hydrogens is 486 g/mol. The molecule has 34 heavy (non-hydrogen) atoms. The summed E-state index contributed by atoms with van der Waals surface area (Å²) in [6.07, 6.45) is 4.51. The second kappa shape index (κ2) is 10.6. The Balaban J connectivity index is 1.59. The van der Waals surface area contributed by atoms with Crippen molar-refractivity contribution in [2.24, 2.45) is 5.10 Å². The van der Waals surface area contributed by atoms with Crippen LogP contribution in [0.25, 0.3) is 0 Å². The molecule has 0 spiro atoms. The van der Waals surface area contributed by atoms with E-state index in [0.29, 0.717) is 17.2 Å². The van der Waals surface area contributed by atoms with E-state index in [4.69, 9.17) is 23.2 Å². The normalized spacial score (nSPS) is 13.8. The number of rotatable bonds is 7. The molecule has 0 atom stereocenters. The van der Waals surface area contributed by atoms with Gasteiger partial charge in [0.25, 0.3) is 5.69 Å². The van der Waals surface area contributed by atoms with Gasteiger partial charge in [-0.15, -0.1) is 0 Å². The Hall–Kier alpha value is -3.57. The van der Waals surface area contributed by atoms with Crippen LogP contribution >= 0.6 is 23.2 Å². The summed E-state index contributed by atoms with van der Waals surface area (Å²) in [5.74, 6) is 0.515. The Morgan fingerprint density at radius 2 is 1.74 bits per heavy atom. The van der Waals surface area contributed by atoms with E-state index >= 15 is 0 Å². The largest absolute Gasteiger partial charge is 0.341 e. The number of nitrogens with zero attached hydrogens (tertiary/aromatic N) is 6. The molecule has 0 saturated carbocycles. The van der Waals surface area contributed by atoms with E-state index in [0.717, 1.165) is 32.4 Å². The molecule has 1 saturated heterocycles. The molecule has 2 aromatic carbocycles. The van der Waals surface area contributed by atoms with Crippen LogP contribution in [0.15, 0.2) is 41.5 Å². The molecule has 2 heterocycles. The summed E-state index contributed by atoms with van der Waals surface area (Å²) in [7, 11) is 0. The maximum Gasteiger partial charge on any atom is 0.288 e. The Bertz CT molecular complexity index is 1220.